The third-order valence-electron chi connectivity index (χ3n) is 5.53. The van der Waals surface area contributed by atoms with Crippen LogP contribution in [0.1, 0.15) is 26.7 Å². The van der Waals surface area contributed by atoms with Crippen LogP contribution in [-0.2, 0) is 0 Å². The summed E-state index contributed by atoms with van der Waals surface area (Å²) in [6.07, 6.45) is 2.52. The molecule has 3 rings (SSSR count). The molecule has 2 saturated heterocycles. The lowest BCUT2D eigenvalue weighted by Gasteiger charge is -2.37. The predicted octanol–water partition coefficient (Wildman–Crippen LogP) is 2.63. The van der Waals surface area contributed by atoms with Crippen molar-refractivity contribution >= 4 is 11.6 Å². The highest BCUT2D eigenvalue weighted by molar-refractivity contribution is 5.78. The summed E-state index contributed by atoms with van der Waals surface area (Å²) < 4.78 is 13.1. The molecule has 0 radical (unpaired) electrons. The number of piperidine rings is 1. The lowest BCUT2D eigenvalue weighted by molar-refractivity contribution is 0.162. The molecule has 0 amide bonds. The number of nitrogens with two attached hydrogens (primary N) is 1. The van der Waals surface area contributed by atoms with E-state index in [0.29, 0.717) is 11.9 Å². The Balaban J connectivity index is 1.45. The highest BCUT2D eigenvalue weighted by atomic mass is 19.1. The minimum Gasteiger partial charge on any atom is -0.370 e. The van der Waals surface area contributed by atoms with Gasteiger partial charge in [-0.3, -0.25) is 4.99 Å². The third-order valence-corrected chi connectivity index (χ3v) is 5.53. The van der Waals surface area contributed by atoms with E-state index in [1.54, 1.807) is 0 Å². The van der Waals surface area contributed by atoms with Gasteiger partial charge in [0.15, 0.2) is 5.96 Å². The Hall–Kier alpha value is -1.82. The van der Waals surface area contributed by atoms with Crippen molar-refractivity contribution in [2.75, 3.05) is 57.3 Å². The standard InChI is InChI=1S/C21H34FN5/c1-17(2)15-25-9-3-4-18(16-25)14-24-21(23)27-12-10-26(11-13-27)20-7-5-19(22)6-8-20/h5-8,17-18H,3-4,9-16H2,1-2H3,(H2,23,24). The molecule has 1 atom stereocenters. The molecule has 0 bridgehead atoms. The van der Waals surface area contributed by atoms with Crippen molar-refractivity contribution in [2.45, 2.75) is 26.7 Å². The Kier molecular flexibility index (Phi) is 6.94. The third kappa shape index (κ3) is 5.83. The lowest BCUT2D eigenvalue weighted by atomic mass is 9.97. The summed E-state index contributed by atoms with van der Waals surface area (Å²) in [5.41, 5.74) is 7.35. The lowest BCUT2D eigenvalue weighted by Crippen LogP contribution is -2.51. The van der Waals surface area contributed by atoms with Gasteiger partial charge in [0, 0.05) is 51.5 Å². The summed E-state index contributed by atoms with van der Waals surface area (Å²) in [4.78, 5) is 11.7. The monoisotopic (exact) mass is 375 g/mol. The maximum atomic E-state index is 13.1. The molecule has 150 valence electrons. The van der Waals surface area contributed by atoms with Crippen LogP contribution in [0.5, 0.6) is 0 Å². The van der Waals surface area contributed by atoms with Crippen molar-refractivity contribution in [2.24, 2.45) is 22.6 Å². The molecule has 27 heavy (non-hydrogen) atoms. The zero-order valence-electron chi connectivity index (χ0n) is 16.8. The van der Waals surface area contributed by atoms with Crippen molar-refractivity contribution in [1.29, 1.82) is 0 Å². The number of aliphatic imine (C=N–C) groups is 1. The number of piperazine rings is 1. The van der Waals surface area contributed by atoms with E-state index >= 15 is 0 Å². The number of hydrogen-bond donors (Lipinski definition) is 1. The van der Waals surface area contributed by atoms with Gasteiger partial charge < -0.3 is 20.4 Å². The van der Waals surface area contributed by atoms with E-state index in [0.717, 1.165) is 50.9 Å². The minimum absolute atomic E-state index is 0.191. The molecule has 0 spiro atoms. The van der Waals surface area contributed by atoms with Crippen LogP contribution >= 0.6 is 0 Å². The Morgan fingerprint density at radius 1 is 1.15 bits per heavy atom. The van der Waals surface area contributed by atoms with E-state index in [1.165, 1.54) is 38.1 Å². The summed E-state index contributed by atoms with van der Waals surface area (Å²) in [6, 6.07) is 6.72. The maximum Gasteiger partial charge on any atom is 0.191 e. The molecular formula is C21H34FN5. The predicted molar refractivity (Wildman–Crippen MR) is 111 cm³/mol. The first-order chi connectivity index (χ1) is 13.0. The van der Waals surface area contributed by atoms with Gasteiger partial charge in [-0.1, -0.05) is 13.8 Å². The summed E-state index contributed by atoms with van der Waals surface area (Å²) in [5, 5.41) is 0. The fraction of sp³-hybridized carbons (Fsp3) is 0.667. The highest BCUT2D eigenvalue weighted by Gasteiger charge is 2.22. The Morgan fingerprint density at radius 3 is 2.52 bits per heavy atom. The summed E-state index contributed by atoms with van der Waals surface area (Å²) >= 11 is 0. The molecule has 2 fully saturated rings. The number of anilines is 1. The van der Waals surface area contributed by atoms with Gasteiger partial charge in [-0.25, -0.2) is 4.39 Å². The molecule has 1 unspecified atom stereocenters. The van der Waals surface area contributed by atoms with Gasteiger partial charge in [0.1, 0.15) is 5.82 Å². The molecule has 1 aromatic carbocycles. The van der Waals surface area contributed by atoms with Gasteiger partial charge in [0.2, 0.25) is 0 Å². The molecule has 0 aliphatic carbocycles. The molecule has 0 saturated carbocycles. The Labute approximate surface area is 163 Å². The SMILES string of the molecule is CC(C)CN1CCCC(CN=C(N)N2CCN(c3ccc(F)cc3)CC2)C1. The van der Waals surface area contributed by atoms with Gasteiger partial charge in [-0.2, -0.15) is 0 Å². The number of guanidine groups is 1. The fourth-order valence-corrected chi connectivity index (χ4v) is 4.15. The van der Waals surface area contributed by atoms with Gasteiger partial charge in [0.05, 0.1) is 0 Å². The van der Waals surface area contributed by atoms with Crippen LogP contribution in [0.4, 0.5) is 10.1 Å². The van der Waals surface area contributed by atoms with E-state index in [-0.39, 0.29) is 5.82 Å². The molecule has 1 aromatic rings. The van der Waals surface area contributed by atoms with E-state index in [9.17, 15) is 4.39 Å². The molecule has 2 aliphatic rings. The van der Waals surface area contributed by atoms with Crippen LogP contribution in [0, 0.1) is 17.7 Å². The van der Waals surface area contributed by atoms with Crippen LogP contribution in [-0.4, -0.2) is 68.1 Å². The summed E-state index contributed by atoms with van der Waals surface area (Å²) in [7, 11) is 0. The first-order valence-electron chi connectivity index (χ1n) is 10.3. The second-order valence-electron chi connectivity index (χ2n) is 8.31. The molecule has 5 nitrogen and oxygen atoms in total. The van der Waals surface area contributed by atoms with Crippen LogP contribution in [0.15, 0.2) is 29.3 Å². The number of hydrogen-bond acceptors (Lipinski definition) is 3. The Bertz CT molecular complexity index is 608. The fourth-order valence-electron chi connectivity index (χ4n) is 4.15. The van der Waals surface area contributed by atoms with Crippen molar-refractivity contribution in [3.05, 3.63) is 30.1 Å². The summed E-state index contributed by atoms with van der Waals surface area (Å²) in [6.45, 7) is 12.4. The van der Waals surface area contributed by atoms with Gasteiger partial charge in [-0.15, -0.1) is 0 Å². The largest absolute Gasteiger partial charge is 0.370 e. The number of rotatable bonds is 5. The summed E-state index contributed by atoms with van der Waals surface area (Å²) in [5.74, 6) is 1.82. The molecule has 2 aliphatic heterocycles. The van der Waals surface area contributed by atoms with E-state index in [4.69, 9.17) is 10.7 Å². The first-order valence-corrected chi connectivity index (χ1v) is 10.3. The zero-order valence-corrected chi connectivity index (χ0v) is 16.8. The second-order valence-corrected chi connectivity index (χ2v) is 8.31. The van der Waals surface area contributed by atoms with Crippen molar-refractivity contribution < 1.29 is 4.39 Å². The molecule has 0 aromatic heterocycles. The van der Waals surface area contributed by atoms with Gasteiger partial charge >= 0.3 is 0 Å². The molecule has 2 N–H and O–H groups in total. The smallest absolute Gasteiger partial charge is 0.191 e. The van der Waals surface area contributed by atoms with E-state index < -0.39 is 0 Å². The number of benzene rings is 1. The highest BCUT2D eigenvalue weighted by Crippen LogP contribution is 2.19. The first kappa shape index (κ1) is 19.9. The van der Waals surface area contributed by atoms with Crippen LogP contribution in [0.3, 0.4) is 0 Å². The van der Waals surface area contributed by atoms with E-state index in [1.807, 2.05) is 12.1 Å². The molecule has 2 heterocycles. The quantitative estimate of drug-likeness (QED) is 0.635. The van der Waals surface area contributed by atoms with Crippen molar-refractivity contribution in [3.63, 3.8) is 0 Å². The van der Waals surface area contributed by atoms with Crippen LogP contribution < -0.4 is 10.6 Å². The average molecular weight is 376 g/mol. The van der Waals surface area contributed by atoms with Gasteiger partial charge in [0.25, 0.3) is 0 Å². The topological polar surface area (TPSA) is 48.1 Å². The van der Waals surface area contributed by atoms with E-state index in [2.05, 4.69) is 28.5 Å². The number of likely N-dealkylation sites (tertiary alicyclic amines) is 1. The average Bonchev–Trinajstić information content (AvgIpc) is 2.67. The van der Waals surface area contributed by atoms with Crippen LogP contribution in [0.25, 0.3) is 0 Å². The Morgan fingerprint density at radius 2 is 1.85 bits per heavy atom. The number of nitrogens with zero attached hydrogens (tertiary/aromatic N) is 4. The maximum absolute atomic E-state index is 13.1. The van der Waals surface area contributed by atoms with Crippen molar-refractivity contribution in [1.82, 2.24) is 9.80 Å². The normalized spacial score (nSPS) is 22.5. The molecular weight excluding hydrogens is 341 g/mol. The van der Waals surface area contributed by atoms with Gasteiger partial charge in [-0.05, 0) is 55.5 Å². The zero-order chi connectivity index (χ0) is 19.2. The van der Waals surface area contributed by atoms with Crippen LogP contribution in [0.2, 0.25) is 0 Å². The molecule has 6 heteroatoms. The number of halogens is 1. The second kappa shape index (κ2) is 9.40. The minimum atomic E-state index is -0.191. The van der Waals surface area contributed by atoms with Crippen molar-refractivity contribution in [3.8, 4) is 0 Å².